The minimum atomic E-state index is -0.714. The maximum Gasteiger partial charge on any atom is 0.320 e. The van der Waals surface area contributed by atoms with E-state index in [1.165, 1.54) is 5.56 Å². The molecule has 4 heteroatoms. The molecule has 0 aliphatic carbocycles. The molecule has 0 saturated carbocycles. The molecule has 1 aromatic rings. The van der Waals surface area contributed by atoms with Gasteiger partial charge < -0.3 is 5.11 Å². The first-order valence-electron chi connectivity index (χ1n) is 5.67. The highest BCUT2D eigenvalue weighted by atomic mass is 32.1. The van der Waals surface area contributed by atoms with Crippen molar-refractivity contribution in [3.05, 3.63) is 22.4 Å². The predicted molar refractivity (Wildman–Crippen MR) is 65.0 cm³/mol. The molecule has 3 nitrogen and oxygen atoms in total. The lowest BCUT2D eigenvalue weighted by atomic mass is 9.91. The molecule has 1 fully saturated rings. The third-order valence-electron chi connectivity index (χ3n) is 3.45. The number of likely N-dealkylation sites (tertiary alicyclic amines) is 1. The summed E-state index contributed by atoms with van der Waals surface area (Å²) in [5.41, 5.74) is 1.42. The second-order valence-corrected chi connectivity index (χ2v) is 5.16. The first-order valence-corrected chi connectivity index (χ1v) is 6.61. The van der Waals surface area contributed by atoms with Crippen molar-refractivity contribution in [1.29, 1.82) is 0 Å². The number of hydrogen-bond acceptors (Lipinski definition) is 3. The number of piperidine rings is 1. The van der Waals surface area contributed by atoms with Crippen LogP contribution in [0.5, 0.6) is 0 Å². The number of carboxylic acid groups (broad SMARTS) is 1. The molecule has 1 aliphatic heterocycles. The molecule has 88 valence electrons. The topological polar surface area (TPSA) is 40.5 Å². The van der Waals surface area contributed by atoms with E-state index in [0.29, 0.717) is 5.92 Å². The number of aliphatic carboxylic acids is 1. The van der Waals surface area contributed by atoms with E-state index in [0.717, 1.165) is 25.9 Å². The van der Waals surface area contributed by atoms with Crippen LogP contribution in [0.25, 0.3) is 0 Å². The van der Waals surface area contributed by atoms with Crippen LogP contribution in [0, 0.1) is 0 Å². The van der Waals surface area contributed by atoms with Gasteiger partial charge in [-0.25, -0.2) is 0 Å². The SMILES string of the molecule is CC(C(=O)O)N1CCC(c2ccsc2)CC1. The number of carbonyl (C=O) groups is 1. The monoisotopic (exact) mass is 239 g/mol. The van der Waals surface area contributed by atoms with Gasteiger partial charge >= 0.3 is 5.97 Å². The van der Waals surface area contributed by atoms with Gasteiger partial charge in [0.25, 0.3) is 0 Å². The molecule has 0 bridgehead atoms. The van der Waals surface area contributed by atoms with E-state index in [4.69, 9.17) is 5.11 Å². The molecule has 0 radical (unpaired) electrons. The normalized spacial score (nSPS) is 20.8. The Balaban J connectivity index is 1.90. The Kier molecular flexibility index (Phi) is 3.61. The van der Waals surface area contributed by atoms with Gasteiger partial charge in [-0.2, -0.15) is 11.3 Å². The first kappa shape index (κ1) is 11.6. The summed E-state index contributed by atoms with van der Waals surface area (Å²) in [5, 5.41) is 13.3. The smallest absolute Gasteiger partial charge is 0.320 e. The third kappa shape index (κ3) is 2.44. The summed E-state index contributed by atoms with van der Waals surface area (Å²) >= 11 is 1.74. The van der Waals surface area contributed by atoms with Gasteiger partial charge in [-0.05, 0) is 61.2 Å². The van der Waals surface area contributed by atoms with Crippen LogP contribution >= 0.6 is 11.3 Å². The van der Waals surface area contributed by atoms with Crippen molar-refractivity contribution >= 4 is 17.3 Å². The summed E-state index contributed by atoms with van der Waals surface area (Å²) < 4.78 is 0. The van der Waals surface area contributed by atoms with Crippen LogP contribution in [0.3, 0.4) is 0 Å². The van der Waals surface area contributed by atoms with Crippen LogP contribution in [0.1, 0.15) is 31.2 Å². The zero-order chi connectivity index (χ0) is 11.5. The maximum absolute atomic E-state index is 10.9. The summed E-state index contributed by atoms with van der Waals surface area (Å²) in [7, 11) is 0. The van der Waals surface area contributed by atoms with Crippen LogP contribution < -0.4 is 0 Å². The largest absolute Gasteiger partial charge is 0.480 e. The van der Waals surface area contributed by atoms with Crippen molar-refractivity contribution in [3.63, 3.8) is 0 Å². The van der Waals surface area contributed by atoms with Gasteiger partial charge in [0.05, 0.1) is 0 Å². The molecule has 0 spiro atoms. The van der Waals surface area contributed by atoms with E-state index in [1.807, 2.05) is 0 Å². The molecule has 16 heavy (non-hydrogen) atoms. The van der Waals surface area contributed by atoms with Crippen LogP contribution in [-0.2, 0) is 4.79 Å². The van der Waals surface area contributed by atoms with E-state index >= 15 is 0 Å². The van der Waals surface area contributed by atoms with Crippen molar-refractivity contribution in [1.82, 2.24) is 4.90 Å². The summed E-state index contributed by atoms with van der Waals surface area (Å²) in [6.45, 7) is 3.56. The van der Waals surface area contributed by atoms with Crippen molar-refractivity contribution in [3.8, 4) is 0 Å². The van der Waals surface area contributed by atoms with Gasteiger partial charge in [-0.15, -0.1) is 0 Å². The number of thiophene rings is 1. The van der Waals surface area contributed by atoms with Gasteiger partial charge in [0.1, 0.15) is 6.04 Å². The molecular weight excluding hydrogens is 222 g/mol. The van der Waals surface area contributed by atoms with Crippen molar-refractivity contribution in [2.75, 3.05) is 13.1 Å². The Bertz CT molecular complexity index is 342. The average molecular weight is 239 g/mol. The van der Waals surface area contributed by atoms with Crippen LogP contribution in [0.2, 0.25) is 0 Å². The van der Waals surface area contributed by atoms with Crippen LogP contribution in [-0.4, -0.2) is 35.1 Å². The summed E-state index contributed by atoms with van der Waals surface area (Å²) in [4.78, 5) is 12.9. The van der Waals surface area contributed by atoms with Crippen LogP contribution in [0.4, 0.5) is 0 Å². The molecule has 0 amide bonds. The molecule has 2 heterocycles. The molecule has 1 atom stereocenters. The minimum absolute atomic E-state index is 0.344. The van der Waals surface area contributed by atoms with Crippen molar-refractivity contribution in [2.45, 2.75) is 31.7 Å². The molecule has 0 aromatic carbocycles. The summed E-state index contributed by atoms with van der Waals surface area (Å²) in [6.07, 6.45) is 2.16. The maximum atomic E-state index is 10.9. The fourth-order valence-corrected chi connectivity index (χ4v) is 3.03. The van der Waals surface area contributed by atoms with E-state index in [2.05, 4.69) is 21.7 Å². The second kappa shape index (κ2) is 4.97. The Morgan fingerprint density at radius 3 is 2.75 bits per heavy atom. The highest BCUT2D eigenvalue weighted by molar-refractivity contribution is 7.07. The fourth-order valence-electron chi connectivity index (χ4n) is 2.28. The quantitative estimate of drug-likeness (QED) is 0.880. The Hall–Kier alpha value is -0.870. The standard InChI is InChI=1S/C12H17NO2S/c1-9(12(14)15)13-5-2-10(3-6-13)11-4-7-16-8-11/h4,7-10H,2-3,5-6H2,1H3,(H,14,15). The van der Waals surface area contributed by atoms with Gasteiger partial charge in [-0.1, -0.05) is 0 Å². The lowest BCUT2D eigenvalue weighted by Gasteiger charge is -2.34. The highest BCUT2D eigenvalue weighted by Crippen LogP contribution is 2.29. The lowest BCUT2D eigenvalue weighted by molar-refractivity contribution is -0.143. The molecule has 1 N–H and O–H groups in total. The summed E-state index contributed by atoms with van der Waals surface area (Å²) in [5.74, 6) is -0.0857. The zero-order valence-electron chi connectivity index (χ0n) is 9.43. The third-order valence-corrected chi connectivity index (χ3v) is 4.15. The van der Waals surface area contributed by atoms with Crippen molar-refractivity contribution in [2.24, 2.45) is 0 Å². The minimum Gasteiger partial charge on any atom is -0.480 e. The number of carboxylic acids is 1. The number of nitrogens with zero attached hydrogens (tertiary/aromatic N) is 1. The zero-order valence-corrected chi connectivity index (χ0v) is 10.2. The molecule has 1 aromatic heterocycles. The average Bonchev–Trinajstić information content (AvgIpc) is 2.81. The van der Waals surface area contributed by atoms with Gasteiger partial charge in [-0.3, -0.25) is 9.69 Å². The first-order chi connectivity index (χ1) is 7.68. The predicted octanol–water partition coefficient (Wildman–Crippen LogP) is 2.40. The highest BCUT2D eigenvalue weighted by Gasteiger charge is 2.26. The molecular formula is C12H17NO2S. The van der Waals surface area contributed by atoms with Crippen molar-refractivity contribution < 1.29 is 9.90 Å². The molecule has 1 aliphatic rings. The van der Waals surface area contributed by atoms with Gasteiger partial charge in [0.2, 0.25) is 0 Å². The van der Waals surface area contributed by atoms with E-state index in [1.54, 1.807) is 18.3 Å². The second-order valence-electron chi connectivity index (χ2n) is 4.38. The van der Waals surface area contributed by atoms with E-state index in [-0.39, 0.29) is 6.04 Å². The number of rotatable bonds is 3. The number of hydrogen-bond donors (Lipinski definition) is 1. The lowest BCUT2D eigenvalue weighted by Crippen LogP contribution is -2.43. The molecule has 1 saturated heterocycles. The van der Waals surface area contributed by atoms with E-state index < -0.39 is 5.97 Å². The summed E-state index contributed by atoms with van der Waals surface area (Å²) in [6, 6.07) is 1.84. The Labute approximate surface area is 99.7 Å². The van der Waals surface area contributed by atoms with Gasteiger partial charge in [0, 0.05) is 0 Å². The molecule has 1 unspecified atom stereocenters. The Morgan fingerprint density at radius 1 is 1.56 bits per heavy atom. The molecule has 2 rings (SSSR count). The van der Waals surface area contributed by atoms with Crippen LogP contribution in [0.15, 0.2) is 16.8 Å². The Morgan fingerprint density at radius 2 is 2.25 bits per heavy atom. The fraction of sp³-hybridized carbons (Fsp3) is 0.583. The van der Waals surface area contributed by atoms with Gasteiger partial charge in [0.15, 0.2) is 0 Å². The van der Waals surface area contributed by atoms with E-state index in [9.17, 15) is 4.79 Å².